The highest BCUT2D eigenvalue weighted by Crippen LogP contribution is 2.35. The number of nitrogens with zero attached hydrogens (tertiary/aromatic N) is 1. The van der Waals surface area contributed by atoms with Gasteiger partial charge in [-0.25, -0.2) is 4.99 Å². The summed E-state index contributed by atoms with van der Waals surface area (Å²) in [5, 5.41) is 3.41. The molecule has 0 spiro atoms. The lowest BCUT2D eigenvalue weighted by atomic mass is 10.1. The van der Waals surface area contributed by atoms with Crippen LogP contribution in [0.1, 0.15) is 16.7 Å². The van der Waals surface area contributed by atoms with Gasteiger partial charge in [0.15, 0.2) is 5.17 Å². The van der Waals surface area contributed by atoms with E-state index in [9.17, 15) is 4.79 Å². The summed E-state index contributed by atoms with van der Waals surface area (Å²) < 4.78 is 8.53. The van der Waals surface area contributed by atoms with Crippen molar-refractivity contribution in [3.8, 4) is 5.75 Å². The number of thioether (sulfide) groups is 1. The standard InChI is InChI=1S/C21H17Br2IN2O2S/c1-4-5-28-19-15(22)8-13(9-16(19)24)10-17-20(27)26-21(29-17)25-14-6-11(2)18(23)12(3)7-14/h4,6-10H,1,5H2,2-3H3,(H,25,26,27)/b17-10-. The number of halogens is 3. The number of nitrogens with one attached hydrogen (secondary N) is 1. The molecule has 1 amide bonds. The second-order valence-corrected chi connectivity index (χ2v) is 10.1. The fourth-order valence-corrected chi connectivity index (χ4v) is 5.52. The molecule has 0 atom stereocenters. The van der Waals surface area contributed by atoms with Crippen molar-refractivity contribution < 1.29 is 9.53 Å². The number of aliphatic imine (C=N–C) groups is 1. The zero-order valence-electron chi connectivity index (χ0n) is 15.7. The van der Waals surface area contributed by atoms with Crippen LogP contribution < -0.4 is 10.1 Å². The van der Waals surface area contributed by atoms with Gasteiger partial charge < -0.3 is 10.1 Å². The number of amides is 1. The summed E-state index contributed by atoms with van der Waals surface area (Å²) in [5.74, 6) is 0.608. The summed E-state index contributed by atoms with van der Waals surface area (Å²) in [4.78, 5) is 17.6. The molecule has 1 aliphatic rings. The second kappa shape index (κ2) is 9.80. The first-order valence-electron chi connectivity index (χ1n) is 8.57. The topological polar surface area (TPSA) is 50.7 Å². The predicted octanol–water partition coefficient (Wildman–Crippen LogP) is 6.89. The van der Waals surface area contributed by atoms with Gasteiger partial charge in [-0.1, -0.05) is 28.6 Å². The van der Waals surface area contributed by atoms with Crippen molar-refractivity contribution in [2.45, 2.75) is 13.8 Å². The van der Waals surface area contributed by atoms with E-state index in [0.29, 0.717) is 16.7 Å². The van der Waals surface area contributed by atoms with Gasteiger partial charge in [-0.05, 0) is 111 Å². The van der Waals surface area contributed by atoms with Crippen LogP contribution in [0.4, 0.5) is 5.69 Å². The monoisotopic (exact) mass is 646 g/mol. The van der Waals surface area contributed by atoms with Gasteiger partial charge in [0.1, 0.15) is 12.4 Å². The van der Waals surface area contributed by atoms with E-state index in [4.69, 9.17) is 4.74 Å². The molecule has 1 N–H and O–H groups in total. The average Bonchev–Trinajstić information content (AvgIpc) is 2.98. The molecule has 1 heterocycles. The Balaban J connectivity index is 1.85. The normalized spacial score (nSPS) is 16.4. The molecule has 1 aliphatic heterocycles. The zero-order chi connectivity index (χ0) is 21.1. The molecule has 3 rings (SSSR count). The molecule has 1 fully saturated rings. The molecule has 2 aromatic carbocycles. The van der Waals surface area contributed by atoms with E-state index in [1.54, 1.807) is 6.08 Å². The van der Waals surface area contributed by atoms with Crippen LogP contribution in [-0.4, -0.2) is 17.7 Å². The van der Waals surface area contributed by atoms with E-state index in [-0.39, 0.29) is 5.91 Å². The largest absolute Gasteiger partial charge is 0.487 e. The molecule has 0 aliphatic carbocycles. The van der Waals surface area contributed by atoms with Crippen LogP contribution >= 0.6 is 66.2 Å². The minimum absolute atomic E-state index is 0.155. The van der Waals surface area contributed by atoms with Crippen molar-refractivity contribution in [2.75, 3.05) is 6.61 Å². The highest BCUT2D eigenvalue weighted by Gasteiger charge is 2.24. The summed E-state index contributed by atoms with van der Waals surface area (Å²) in [6.07, 6.45) is 3.55. The Morgan fingerprint density at radius 3 is 2.55 bits per heavy atom. The minimum Gasteiger partial charge on any atom is -0.487 e. The average molecular weight is 648 g/mol. The summed E-state index contributed by atoms with van der Waals surface area (Å²) >= 11 is 10.6. The Hall–Kier alpha value is -1.10. The first-order valence-corrected chi connectivity index (χ1v) is 12.1. The van der Waals surface area contributed by atoms with Gasteiger partial charge >= 0.3 is 0 Å². The molecular formula is C21H17Br2IN2O2S. The maximum atomic E-state index is 12.4. The number of benzene rings is 2. The first-order chi connectivity index (χ1) is 13.8. The Kier molecular flexibility index (Phi) is 7.63. The van der Waals surface area contributed by atoms with Gasteiger partial charge in [0, 0.05) is 4.47 Å². The number of rotatable bonds is 5. The van der Waals surface area contributed by atoms with Gasteiger partial charge in [0.05, 0.1) is 18.6 Å². The number of carbonyl (C=O) groups is 1. The molecule has 0 radical (unpaired) electrons. The number of ether oxygens (including phenoxy) is 1. The molecule has 150 valence electrons. The molecule has 29 heavy (non-hydrogen) atoms. The lowest BCUT2D eigenvalue weighted by Crippen LogP contribution is -2.19. The number of aryl methyl sites for hydroxylation is 2. The molecular weight excluding hydrogens is 631 g/mol. The SMILES string of the molecule is C=CCOc1c(Br)cc(/C=C2\SC(=Nc3cc(C)c(Br)c(C)c3)NC2=O)cc1I. The molecule has 0 unspecified atom stereocenters. The number of carbonyl (C=O) groups excluding carboxylic acids is 1. The van der Waals surface area contributed by atoms with Crippen molar-refractivity contribution >= 4 is 89.1 Å². The zero-order valence-corrected chi connectivity index (χ0v) is 21.8. The van der Waals surface area contributed by atoms with Gasteiger partial charge in [0.25, 0.3) is 5.91 Å². The summed E-state index contributed by atoms with van der Waals surface area (Å²) in [5.41, 5.74) is 3.93. The maximum absolute atomic E-state index is 12.4. The lowest BCUT2D eigenvalue weighted by Gasteiger charge is -2.09. The third-order valence-corrected chi connectivity index (χ3v) is 7.52. The van der Waals surface area contributed by atoms with Gasteiger partial charge in [-0.3, -0.25) is 4.79 Å². The summed E-state index contributed by atoms with van der Waals surface area (Å²) in [6.45, 7) is 8.14. The maximum Gasteiger partial charge on any atom is 0.264 e. The Bertz CT molecular complexity index is 1020. The van der Waals surface area contributed by atoms with Crippen molar-refractivity contribution in [2.24, 2.45) is 4.99 Å². The van der Waals surface area contributed by atoms with Crippen LogP contribution in [0.5, 0.6) is 5.75 Å². The quantitative estimate of drug-likeness (QED) is 0.219. The van der Waals surface area contributed by atoms with E-state index in [1.165, 1.54) is 11.8 Å². The van der Waals surface area contributed by atoms with Crippen LogP contribution in [-0.2, 0) is 4.79 Å². The number of amidine groups is 1. The smallest absolute Gasteiger partial charge is 0.264 e. The fraction of sp³-hybridized carbons (Fsp3) is 0.143. The number of hydrogen-bond donors (Lipinski definition) is 1. The van der Waals surface area contributed by atoms with Crippen molar-refractivity contribution in [3.05, 3.63) is 71.0 Å². The van der Waals surface area contributed by atoms with Crippen molar-refractivity contribution in [3.63, 3.8) is 0 Å². The van der Waals surface area contributed by atoms with E-state index in [1.807, 2.05) is 44.2 Å². The molecule has 2 aromatic rings. The summed E-state index contributed by atoms with van der Waals surface area (Å²) in [6, 6.07) is 7.87. The fourth-order valence-electron chi connectivity index (χ4n) is 2.68. The molecule has 0 saturated carbocycles. The lowest BCUT2D eigenvalue weighted by molar-refractivity contribution is -0.115. The molecule has 4 nitrogen and oxygen atoms in total. The highest BCUT2D eigenvalue weighted by molar-refractivity contribution is 14.1. The number of hydrogen-bond acceptors (Lipinski definition) is 4. The molecule has 8 heteroatoms. The third-order valence-electron chi connectivity index (χ3n) is 3.97. The molecule has 0 bridgehead atoms. The Morgan fingerprint density at radius 1 is 1.24 bits per heavy atom. The van der Waals surface area contributed by atoms with Crippen molar-refractivity contribution in [1.29, 1.82) is 0 Å². The van der Waals surface area contributed by atoms with E-state index in [2.05, 4.69) is 71.3 Å². The predicted molar refractivity (Wildman–Crippen MR) is 137 cm³/mol. The van der Waals surface area contributed by atoms with E-state index >= 15 is 0 Å². The van der Waals surface area contributed by atoms with E-state index < -0.39 is 0 Å². The second-order valence-electron chi connectivity index (χ2n) is 6.29. The van der Waals surface area contributed by atoms with Crippen LogP contribution in [0.15, 0.2) is 55.8 Å². The van der Waals surface area contributed by atoms with Gasteiger partial charge in [-0.15, -0.1) is 0 Å². The van der Waals surface area contributed by atoms with E-state index in [0.717, 1.165) is 40.6 Å². The van der Waals surface area contributed by atoms with Crippen LogP contribution in [0.2, 0.25) is 0 Å². The van der Waals surface area contributed by atoms with Crippen LogP contribution in [0, 0.1) is 17.4 Å². The third kappa shape index (κ3) is 5.53. The Morgan fingerprint density at radius 2 is 1.93 bits per heavy atom. The van der Waals surface area contributed by atoms with Gasteiger partial charge in [0.2, 0.25) is 0 Å². The van der Waals surface area contributed by atoms with Crippen LogP contribution in [0.3, 0.4) is 0 Å². The molecule has 1 saturated heterocycles. The van der Waals surface area contributed by atoms with Crippen molar-refractivity contribution in [1.82, 2.24) is 5.32 Å². The minimum atomic E-state index is -0.155. The highest BCUT2D eigenvalue weighted by atomic mass is 127. The van der Waals surface area contributed by atoms with Crippen LogP contribution in [0.25, 0.3) is 6.08 Å². The summed E-state index contributed by atoms with van der Waals surface area (Å²) in [7, 11) is 0. The van der Waals surface area contributed by atoms with Gasteiger partial charge in [-0.2, -0.15) is 0 Å². The molecule has 0 aromatic heterocycles. The first kappa shape index (κ1) is 22.6. The Labute approximate surface area is 204 Å².